The van der Waals surface area contributed by atoms with E-state index in [-0.39, 0.29) is 83.7 Å². The van der Waals surface area contributed by atoms with Crippen molar-refractivity contribution in [1.82, 2.24) is 0 Å². The second-order valence-corrected chi connectivity index (χ2v) is 19.8. The average molecular weight is 867 g/mol. The van der Waals surface area contributed by atoms with Crippen LogP contribution in [0.1, 0.15) is 152 Å². The molecule has 0 atom stereocenters. The summed E-state index contributed by atoms with van der Waals surface area (Å²) in [4.78, 5) is 48.8. The van der Waals surface area contributed by atoms with Crippen molar-refractivity contribution in [2.24, 2.45) is 23.7 Å². The van der Waals surface area contributed by atoms with Crippen LogP contribution in [0.4, 0.5) is 0 Å². The van der Waals surface area contributed by atoms with Gasteiger partial charge in [0, 0.05) is 0 Å². The quantitative estimate of drug-likeness (QED) is 0.0796. The third-order valence-corrected chi connectivity index (χ3v) is 11.9. The molecule has 2 aromatic carbocycles. The molecule has 0 spiro atoms. The second-order valence-electron chi connectivity index (χ2n) is 17.0. The molecule has 0 heterocycles. The molecule has 0 aromatic heterocycles. The Morgan fingerprint density at radius 3 is 0.702 bits per heavy atom. The molecule has 57 heavy (non-hydrogen) atoms. The molecule has 316 valence electrons. The third kappa shape index (κ3) is 16.2. The van der Waals surface area contributed by atoms with E-state index in [4.69, 9.17) is 18.9 Å². The summed E-state index contributed by atoms with van der Waals surface area (Å²) in [6.07, 6.45) is 0. The van der Waals surface area contributed by atoms with Crippen LogP contribution in [-0.4, -0.2) is 110 Å². The fourth-order valence-corrected chi connectivity index (χ4v) is 4.71. The van der Waals surface area contributed by atoms with Gasteiger partial charge in [0.25, 0.3) is 0 Å². The zero-order chi connectivity index (χ0) is 44.2. The molecule has 0 saturated carbocycles. The fraction of sp³-hybridized carbons (Fsp3) is 0.600. The van der Waals surface area contributed by atoms with E-state index in [9.17, 15) is 45.1 Å². The van der Waals surface area contributed by atoms with Gasteiger partial charge in [-0.25, -0.2) is 36.0 Å². The van der Waals surface area contributed by atoms with Crippen LogP contribution in [-0.2, 0) is 39.2 Å². The van der Waals surface area contributed by atoms with Gasteiger partial charge in [0.05, 0.1) is 32.0 Å². The fourth-order valence-electron chi connectivity index (χ4n) is 3.62. The van der Waals surface area contributed by atoms with E-state index in [2.05, 4.69) is 0 Å². The van der Waals surface area contributed by atoms with Crippen molar-refractivity contribution in [2.45, 2.75) is 143 Å². The standard InChI is InChI=1S/2C20H30O7S.Ca/c2*1-12(2)19(5,6)26-17(21)14-9-15(11-16(10-14)28(23,24)25)18(22)27-20(7,8)13(3)4;/h2*9-13H,1-8H3,(H,23,24,25);/q;;+2/p-2. The van der Waals surface area contributed by atoms with Crippen LogP contribution in [0.3, 0.4) is 0 Å². The molecule has 0 bridgehead atoms. The topological polar surface area (TPSA) is 220 Å². The molecule has 0 N–H and O–H groups in total. The Balaban J connectivity index is 0.00000108. The van der Waals surface area contributed by atoms with Crippen molar-refractivity contribution < 1.29 is 64.1 Å². The molecule has 0 unspecified atom stereocenters. The monoisotopic (exact) mass is 866 g/mol. The maximum atomic E-state index is 12.5. The van der Waals surface area contributed by atoms with Crippen LogP contribution in [0.2, 0.25) is 0 Å². The van der Waals surface area contributed by atoms with E-state index in [1.165, 1.54) is 12.1 Å². The molecule has 14 nitrogen and oxygen atoms in total. The Kier molecular flexibility index (Phi) is 19.2. The normalized spacial score (nSPS) is 12.7. The Morgan fingerprint density at radius 1 is 0.421 bits per heavy atom. The van der Waals surface area contributed by atoms with Crippen molar-refractivity contribution in [3.05, 3.63) is 58.7 Å². The minimum Gasteiger partial charge on any atom is -0.744 e. The van der Waals surface area contributed by atoms with Gasteiger partial charge in [-0.3, -0.25) is 0 Å². The van der Waals surface area contributed by atoms with Crippen molar-refractivity contribution in [1.29, 1.82) is 0 Å². The smallest absolute Gasteiger partial charge is 0.744 e. The summed E-state index contributed by atoms with van der Waals surface area (Å²) < 4.78 is 90.8. The summed E-state index contributed by atoms with van der Waals surface area (Å²) in [6, 6.07) is 5.98. The first kappa shape index (κ1) is 54.4. The molecular weight excluding hydrogens is 809 g/mol. The maximum absolute atomic E-state index is 12.5. The van der Waals surface area contributed by atoms with Crippen LogP contribution in [0, 0.1) is 23.7 Å². The number of carbonyl (C=O) groups excluding carboxylic acids is 4. The molecule has 0 amide bonds. The molecule has 0 saturated heterocycles. The van der Waals surface area contributed by atoms with Crippen LogP contribution < -0.4 is 0 Å². The molecule has 0 aliphatic heterocycles. The van der Waals surface area contributed by atoms with Crippen molar-refractivity contribution in [3.8, 4) is 0 Å². The summed E-state index contributed by atoms with van der Waals surface area (Å²) in [5.74, 6) is -3.39. The van der Waals surface area contributed by atoms with E-state index in [1.54, 1.807) is 55.4 Å². The summed E-state index contributed by atoms with van der Waals surface area (Å²) in [6.45, 7) is 28.6. The number of hydrogen-bond donors (Lipinski definition) is 0. The SMILES string of the molecule is CC(C)C(C)(C)OC(=O)c1cc(C(=O)OC(C)(C)C(C)C)cc(S(=O)(=O)[O-])c1.CC(C)C(C)(C)OC(=O)c1cc(C(=O)OC(C)(C)C(C)C)cc(S(=O)(=O)[O-])c1.[Ca+2]. The van der Waals surface area contributed by atoms with E-state index >= 15 is 0 Å². The molecule has 17 heteroatoms. The molecule has 0 aliphatic carbocycles. The summed E-state index contributed by atoms with van der Waals surface area (Å²) in [5, 5.41) is 0. The minimum atomic E-state index is -4.90. The van der Waals surface area contributed by atoms with Crippen LogP contribution in [0.25, 0.3) is 0 Å². The average Bonchev–Trinajstić information content (AvgIpc) is 3.02. The second kappa shape index (κ2) is 20.1. The largest absolute Gasteiger partial charge is 2.00 e. The molecule has 0 radical (unpaired) electrons. The number of benzene rings is 2. The van der Waals surface area contributed by atoms with Crippen molar-refractivity contribution >= 4 is 81.9 Å². The van der Waals surface area contributed by atoms with Gasteiger partial charge in [0.15, 0.2) is 0 Å². The summed E-state index contributed by atoms with van der Waals surface area (Å²) >= 11 is 0. The Bertz CT molecular complexity index is 1740. The van der Waals surface area contributed by atoms with Crippen molar-refractivity contribution in [3.63, 3.8) is 0 Å². The van der Waals surface area contributed by atoms with Crippen LogP contribution in [0.15, 0.2) is 46.2 Å². The Hall–Kier alpha value is -2.60. The first-order valence-corrected chi connectivity index (χ1v) is 20.9. The molecule has 2 rings (SSSR count). The molecular formula is C40H58CaO14S2. The maximum Gasteiger partial charge on any atom is 2.00 e. The van der Waals surface area contributed by atoms with E-state index in [0.29, 0.717) is 0 Å². The number of carbonyl (C=O) groups is 4. The molecule has 0 fully saturated rings. The van der Waals surface area contributed by atoms with E-state index < -0.39 is 76.3 Å². The third-order valence-electron chi connectivity index (χ3n) is 10.3. The predicted molar refractivity (Wildman–Crippen MR) is 212 cm³/mol. The number of ether oxygens (including phenoxy) is 4. The van der Waals surface area contributed by atoms with Gasteiger partial charge in [-0.2, -0.15) is 0 Å². The summed E-state index contributed by atoms with van der Waals surface area (Å²) in [7, 11) is -9.80. The number of hydrogen-bond acceptors (Lipinski definition) is 14. The van der Waals surface area contributed by atoms with Gasteiger partial charge < -0.3 is 28.1 Å². The minimum absolute atomic E-state index is 0. The van der Waals surface area contributed by atoms with E-state index in [0.717, 1.165) is 24.3 Å². The van der Waals surface area contributed by atoms with Gasteiger partial charge in [0.2, 0.25) is 0 Å². The first-order chi connectivity index (χ1) is 24.9. The van der Waals surface area contributed by atoms with Gasteiger partial charge >= 0.3 is 61.6 Å². The van der Waals surface area contributed by atoms with Gasteiger partial charge in [-0.15, -0.1) is 0 Å². The van der Waals surface area contributed by atoms with Gasteiger partial charge in [-0.1, -0.05) is 55.4 Å². The van der Waals surface area contributed by atoms with Crippen LogP contribution >= 0.6 is 0 Å². The predicted octanol–water partition coefficient (Wildman–Crippen LogP) is 7.17. The Labute approximate surface area is 368 Å². The van der Waals surface area contributed by atoms with Gasteiger partial charge in [0.1, 0.15) is 42.6 Å². The number of esters is 4. The molecule has 2 aromatic rings. The molecule has 0 aliphatic rings. The van der Waals surface area contributed by atoms with Crippen LogP contribution in [0.5, 0.6) is 0 Å². The van der Waals surface area contributed by atoms with Crippen molar-refractivity contribution in [2.75, 3.05) is 0 Å². The number of rotatable bonds is 14. The Morgan fingerprint density at radius 2 is 0.579 bits per heavy atom. The zero-order valence-corrected chi connectivity index (χ0v) is 39.9. The first-order valence-electron chi connectivity index (χ1n) is 18.1. The van der Waals surface area contributed by atoms with Gasteiger partial charge in [-0.05, 0) is 115 Å². The van der Waals surface area contributed by atoms with E-state index in [1.807, 2.05) is 55.4 Å². The zero-order valence-electron chi connectivity index (χ0n) is 36.0. The summed E-state index contributed by atoms with van der Waals surface area (Å²) in [5.41, 5.74) is -4.15.